The van der Waals surface area contributed by atoms with Crippen LogP contribution < -0.4 is 11.1 Å². The zero-order chi connectivity index (χ0) is 38.9. The van der Waals surface area contributed by atoms with Crippen LogP contribution in [0.5, 0.6) is 11.5 Å². The van der Waals surface area contributed by atoms with Gasteiger partial charge in [0.2, 0.25) is 17.3 Å². The van der Waals surface area contributed by atoms with Crippen LogP contribution in [0.15, 0.2) is 29.1 Å². The molecule has 8 N–H and O–H groups in total. The number of aromatic hydroxyl groups is 2. The number of nitrogens with zero attached hydrogens (tertiary/aromatic N) is 1. The van der Waals surface area contributed by atoms with Gasteiger partial charge in [-0.2, -0.15) is 0 Å². The largest absolute Gasteiger partial charge is 0.507 e. The van der Waals surface area contributed by atoms with Gasteiger partial charge in [-0.15, -0.1) is 0 Å². The number of fused-ring (bicyclic) bond motifs is 5. The Bertz CT molecular complexity index is 2040. The molecule has 7 atom stereocenters. The highest BCUT2D eigenvalue weighted by Gasteiger charge is 2.72. The number of ketones is 4. The number of aryl methyl sites for hydroxylation is 1. The van der Waals surface area contributed by atoms with Crippen LogP contribution in [0.4, 0.5) is 0 Å². The summed E-state index contributed by atoms with van der Waals surface area (Å²) in [4.78, 5) is 74.1. The lowest BCUT2D eigenvalue weighted by atomic mass is 9.56. The monoisotopic (exact) mass is 739 g/mol. The van der Waals surface area contributed by atoms with Crippen molar-refractivity contribution < 1.29 is 73.3 Å². The summed E-state index contributed by atoms with van der Waals surface area (Å²) < 4.78 is 22.6. The molecule has 1 saturated heterocycles. The van der Waals surface area contributed by atoms with Crippen molar-refractivity contribution in [3.05, 3.63) is 68.4 Å². The van der Waals surface area contributed by atoms with Gasteiger partial charge in [-0.05, 0) is 31.0 Å². The minimum Gasteiger partial charge on any atom is -0.507 e. The zero-order valence-electron chi connectivity index (χ0n) is 29.1. The Balaban J connectivity index is 1.48. The predicted molar refractivity (Wildman–Crippen MR) is 178 cm³/mol. The van der Waals surface area contributed by atoms with E-state index in [2.05, 4.69) is 10.5 Å². The molecule has 2 aromatic carbocycles. The number of carbonyl (C=O) groups excluding carboxylic acids is 4. The second-order valence-electron chi connectivity index (χ2n) is 13.0. The van der Waals surface area contributed by atoms with E-state index in [9.17, 15) is 49.5 Å². The smallest absolute Gasteiger partial charge is 0.339 e. The first-order chi connectivity index (χ1) is 25.1. The minimum absolute atomic E-state index is 0.0263. The maximum atomic E-state index is 14.6. The molecular formula is C35H37N3O15. The number of allylic oxidation sites excluding steroid dienone is 2. The average molecular weight is 740 g/mol. The summed E-state index contributed by atoms with van der Waals surface area (Å²) in [6.45, 7) is 3.23. The summed E-state index contributed by atoms with van der Waals surface area (Å²) >= 11 is 0. The van der Waals surface area contributed by atoms with Crippen molar-refractivity contribution in [2.24, 2.45) is 10.9 Å². The molecule has 282 valence electrons. The maximum absolute atomic E-state index is 14.6. The Morgan fingerprint density at radius 2 is 1.72 bits per heavy atom. The molecule has 0 spiro atoms. The number of aliphatic hydroxyl groups excluding tert-OH is 1. The van der Waals surface area contributed by atoms with E-state index in [0.717, 1.165) is 19.3 Å². The van der Waals surface area contributed by atoms with Gasteiger partial charge in [-0.1, -0.05) is 11.2 Å². The molecule has 0 aromatic heterocycles. The number of phenolic OH excluding ortho intramolecular Hbond substituents is 1. The molecule has 3 aliphatic carbocycles. The number of carbonyl (C=O) groups is 5. The highest BCUT2D eigenvalue weighted by molar-refractivity contribution is 6.31. The van der Waals surface area contributed by atoms with Crippen molar-refractivity contribution in [3.63, 3.8) is 0 Å². The quantitative estimate of drug-likeness (QED) is 0.128. The summed E-state index contributed by atoms with van der Waals surface area (Å²) in [5.74, 6) is -8.53. The van der Waals surface area contributed by atoms with E-state index in [-0.39, 0.29) is 35.7 Å². The van der Waals surface area contributed by atoms with Crippen molar-refractivity contribution in [1.29, 1.82) is 0 Å². The Hall–Kier alpha value is -5.08. The molecule has 1 aliphatic heterocycles. The Morgan fingerprint density at radius 3 is 2.32 bits per heavy atom. The number of phenols is 2. The zero-order valence-corrected chi connectivity index (χ0v) is 29.1. The molecule has 3 unspecified atom stereocenters. The van der Waals surface area contributed by atoms with E-state index in [1.807, 2.05) is 0 Å². The normalized spacial score (nSPS) is 29.9. The number of Topliss-reactive ketones (excluding diaryl/α,β-unsaturated/α-hetero) is 3. The number of benzene rings is 2. The summed E-state index contributed by atoms with van der Waals surface area (Å²) in [5, 5.41) is 63.3. The summed E-state index contributed by atoms with van der Waals surface area (Å²) in [6.07, 6.45) is -5.32. The van der Waals surface area contributed by atoms with E-state index < -0.39 is 122 Å². The first-order valence-electron chi connectivity index (χ1n) is 16.3. The van der Waals surface area contributed by atoms with Crippen LogP contribution in [-0.4, -0.2) is 131 Å². The molecule has 6 rings (SSSR count). The van der Waals surface area contributed by atoms with Crippen molar-refractivity contribution in [3.8, 4) is 11.5 Å². The number of aromatic carboxylic acids is 1. The third kappa shape index (κ3) is 5.12. The standard InChI is InChI=1S/C35H37N3O15/c1-12-8-14-9-19(40)35(51-5)31(45)22-16(30(44)34(35,48)23(14)27(43)20(12)33(46)47)10-15-21(26(22)42)18(39)11-17(25(15)41)37-32-29(50-4)24(38-52-7-6-36)28(49-3)13(2)53-32/h8,10-11,13,19,28-29,32,37,40,42-43,48H,6-7,9,36H2,1-5H3,(H,46,47)/t13-,19?,28-,29+,32-,34?,35?/m0/s1. The van der Waals surface area contributed by atoms with Crippen LogP contribution in [0, 0.1) is 6.92 Å². The van der Waals surface area contributed by atoms with E-state index in [4.69, 9.17) is 29.5 Å². The lowest BCUT2D eigenvalue weighted by Gasteiger charge is -2.52. The topological polar surface area (TPSA) is 283 Å². The van der Waals surface area contributed by atoms with E-state index >= 15 is 0 Å². The fraction of sp³-hybridized carbons (Fsp3) is 0.429. The fourth-order valence-electron chi connectivity index (χ4n) is 7.89. The number of methoxy groups -OCH3 is 3. The van der Waals surface area contributed by atoms with Gasteiger partial charge < -0.3 is 60.4 Å². The van der Waals surface area contributed by atoms with Crippen LogP contribution in [-0.2, 0) is 35.8 Å². The Labute approximate surface area is 300 Å². The minimum atomic E-state index is -3.29. The highest BCUT2D eigenvalue weighted by Crippen LogP contribution is 2.56. The number of nitrogens with one attached hydrogen (secondary N) is 1. The second-order valence-corrected chi connectivity index (χ2v) is 13.0. The van der Waals surface area contributed by atoms with Gasteiger partial charge in [0, 0.05) is 57.1 Å². The molecule has 2 aromatic rings. The van der Waals surface area contributed by atoms with Crippen LogP contribution in [0.1, 0.15) is 75.4 Å². The molecule has 18 nitrogen and oxygen atoms in total. The fourth-order valence-corrected chi connectivity index (χ4v) is 7.89. The lowest BCUT2D eigenvalue weighted by Crippen LogP contribution is -2.73. The molecule has 0 bridgehead atoms. The lowest BCUT2D eigenvalue weighted by molar-refractivity contribution is -0.181. The number of carboxylic acids is 1. The van der Waals surface area contributed by atoms with Crippen LogP contribution in [0.2, 0.25) is 0 Å². The van der Waals surface area contributed by atoms with Crippen molar-refractivity contribution in [2.75, 3.05) is 34.5 Å². The molecule has 1 heterocycles. The molecule has 53 heavy (non-hydrogen) atoms. The van der Waals surface area contributed by atoms with Crippen molar-refractivity contribution >= 4 is 34.8 Å². The maximum Gasteiger partial charge on any atom is 0.339 e. The third-order valence-electron chi connectivity index (χ3n) is 10.2. The number of hydrogen-bond donors (Lipinski definition) is 7. The van der Waals surface area contributed by atoms with Gasteiger partial charge in [-0.3, -0.25) is 19.2 Å². The van der Waals surface area contributed by atoms with Gasteiger partial charge in [0.25, 0.3) is 0 Å². The summed E-state index contributed by atoms with van der Waals surface area (Å²) in [6, 6.07) is 2.06. The number of nitrogens with two attached hydrogens (primary N) is 1. The SMILES string of the molecule is CO[C@@H]1C(=NOCCN)[C@@H](OC)[C@@H](NC2=CC(=O)c3c(cc4c(c3O)C(=O)C3(OC)C(O)Cc5cc(C)c(C(=O)O)c(O)c5C3(O)C4=O)C2=O)O[C@H]1C. The van der Waals surface area contributed by atoms with Gasteiger partial charge in [-0.25, -0.2) is 4.79 Å². The van der Waals surface area contributed by atoms with Crippen LogP contribution in [0.3, 0.4) is 0 Å². The molecular weight excluding hydrogens is 702 g/mol. The predicted octanol–water partition coefficient (Wildman–Crippen LogP) is -0.368. The first-order valence-corrected chi connectivity index (χ1v) is 16.3. The van der Waals surface area contributed by atoms with Gasteiger partial charge in [0.15, 0.2) is 23.2 Å². The third-order valence-corrected chi connectivity index (χ3v) is 10.2. The highest BCUT2D eigenvalue weighted by atomic mass is 16.6. The van der Waals surface area contributed by atoms with Crippen molar-refractivity contribution in [1.82, 2.24) is 5.32 Å². The van der Waals surface area contributed by atoms with E-state index in [1.165, 1.54) is 27.2 Å². The molecule has 0 radical (unpaired) electrons. The second kappa shape index (κ2) is 13.4. The Kier molecular flexibility index (Phi) is 9.53. The summed E-state index contributed by atoms with van der Waals surface area (Å²) in [7, 11) is 3.64. The van der Waals surface area contributed by atoms with E-state index in [1.54, 1.807) is 6.92 Å². The summed E-state index contributed by atoms with van der Waals surface area (Å²) in [5.41, 5.74) is -5.15. The molecule has 0 saturated carbocycles. The average Bonchev–Trinajstić information content (AvgIpc) is 3.09. The van der Waals surface area contributed by atoms with Gasteiger partial charge in [0.05, 0.1) is 29.0 Å². The van der Waals surface area contributed by atoms with Crippen LogP contribution in [0.25, 0.3) is 0 Å². The Morgan fingerprint density at radius 1 is 1.04 bits per heavy atom. The number of carboxylic acid groups (broad SMARTS) is 1. The van der Waals surface area contributed by atoms with Crippen molar-refractivity contribution in [2.45, 2.75) is 62.1 Å². The first kappa shape index (κ1) is 37.7. The van der Waals surface area contributed by atoms with Gasteiger partial charge >= 0.3 is 5.97 Å². The molecule has 4 aliphatic rings. The number of oxime groups is 1. The molecule has 0 amide bonds. The number of aliphatic hydroxyl groups is 2. The number of hydrogen-bond acceptors (Lipinski definition) is 17. The van der Waals surface area contributed by atoms with Crippen LogP contribution >= 0.6 is 0 Å². The van der Waals surface area contributed by atoms with E-state index in [0.29, 0.717) is 0 Å². The van der Waals surface area contributed by atoms with Gasteiger partial charge in [0.1, 0.15) is 41.6 Å². The molecule has 18 heteroatoms. The number of ether oxygens (including phenoxy) is 4. The molecule has 1 fully saturated rings. The number of rotatable bonds is 9.